The minimum Gasteiger partial charge on any atom is -0.437 e. The summed E-state index contributed by atoms with van der Waals surface area (Å²) in [5, 5.41) is 9.28. The smallest absolute Gasteiger partial charge is 0.327 e. The zero-order valence-corrected chi connectivity index (χ0v) is 21.1. The van der Waals surface area contributed by atoms with Crippen molar-refractivity contribution in [2.24, 2.45) is 0 Å². The first-order valence-corrected chi connectivity index (χ1v) is 11.8. The van der Waals surface area contributed by atoms with Crippen molar-refractivity contribution >= 4 is 16.9 Å². The lowest BCUT2D eigenvalue weighted by atomic mass is 10.1. The van der Waals surface area contributed by atoms with Crippen LogP contribution in [0, 0.1) is 25.2 Å². The second-order valence-corrected chi connectivity index (χ2v) is 8.90. The molecular formula is C29H26N6O2. The maximum atomic E-state index is 9.28. The van der Waals surface area contributed by atoms with E-state index < -0.39 is 0 Å². The molecule has 0 radical (unpaired) electrons. The predicted octanol–water partition coefficient (Wildman–Crippen LogP) is 6.01. The van der Waals surface area contributed by atoms with Crippen LogP contribution < -0.4 is 14.4 Å². The van der Waals surface area contributed by atoms with Crippen molar-refractivity contribution in [2.75, 3.05) is 19.0 Å². The zero-order valence-electron chi connectivity index (χ0n) is 21.1. The molecule has 0 bridgehead atoms. The van der Waals surface area contributed by atoms with Crippen LogP contribution in [0.5, 0.6) is 23.4 Å². The summed E-state index contributed by atoms with van der Waals surface area (Å²) in [5.74, 6) is 2.22. The quantitative estimate of drug-likeness (QED) is 0.276. The van der Waals surface area contributed by atoms with E-state index in [1.54, 1.807) is 18.2 Å². The van der Waals surface area contributed by atoms with E-state index in [9.17, 15) is 5.26 Å². The minimum atomic E-state index is 0.151. The molecule has 8 nitrogen and oxygen atoms in total. The van der Waals surface area contributed by atoms with E-state index in [1.165, 1.54) is 0 Å². The molecule has 0 atom stereocenters. The van der Waals surface area contributed by atoms with E-state index in [-0.39, 0.29) is 11.9 Å². The van der Waals surface area contributed by atoms with Crippen molar-refractivity contribution in [2.45, 2.75) is 20.4 Å². The van der Waals surface area contributed by atoms with Crippen molar-refractivity contribution in [1.82, 2.24) is 19.5 Å². The van der Waals surface area contributed by atoms with E-state index in [0.29, 0.717) is 34.8 Å². The molecule has 8 heteroatoms. The number of aromatic nitrogens is 4. The van der Waals surface area contributed by atoms with Gasteiger partial charge >= 0.3 is 6.01 Å². The van der Waals surface area contributed by atoms with Crippen LogP contribution in [0.25, 0.3) is 11.2 Å². The second kappa shape index (κ2) is 9.99. The number of aryl methyl sites for hydroxylation is 2. The molecule has 0 saturated heterocycles. The lowest BCUT2D eigenvalue weighted by Gasteiger charge is -2.14. The molecule has 0 amide bonds. The standard InChI is InChI=1S/C29H26N6O2/c1-19-15-25(14-13-22(19)17-30)36-28-26-27(35(20(2)31-26)18-21-9-6-5-7-10-21)32-29(33-28)37-24-12-8-11-23(16-24)34(3)4/h5-16H,18H2,1-4H3. The average Bonchev–Trinajstić information content (AvgIpc) is 3.20. The Kier molecular flexibility index (Phi) is 6.43. The maximum Gasteiger partial charge on any atom is 0.327 e. The first-order chi connectivity index (χ1) is 17.9. The van der Waals surface area contributed by atoms with Crippen molar-refractivity contribution < 1.29 is 9.47 Å². The number of rotatable bonds is 7. The fourth-order valence-electron chi connectivity index (χ4n) is 4.00. The maximum absolute atomic E-state index is 9.28. The van der Waals surface area contributed by atoms with Crippen LogP contribution in [-0.4, -0.2) is 33.6 Å². The highest BCUT2D eigenvalue weighted by molar-refractivity contribution is 5.78. The summed E-state index contributed by atoms with van der Waals surface area (Å²) >= 11 is 0. The fourth-order valence-corrected chi connectivity index (χ4v) is 4.00. The van der Waals surface area contributed by atoms with Gasteiger partial charge in [0, 0.05) is 25.8 Å². The van der Waals surface area contributed by atoms with Crippen LogP contribution in [-0.2, 0) is 6.54 Å². The highest BCUT2D eigenvalue weighted by Crippen LogP contribution is 2.32. The molecule has 0 aliphatic carbocycles. The Balaban J connectivity index is 1.60. The predicted molar refractivity (Wildman–Crippen MR) is 142 cm³/mol. The van der Waals surface area contributed by atoms with Gasteiger partial charge in [-0.3, -0.25) is 0 Å². The number of fused-ring (bicyclic) bond motifs is 1. The molecule has 3 aromatic carbocycles. The van der Waals surface area contributed by atoms with Crippen LogP contribution in [0.2, 0.25) is 0 Å². The molecule has 0 aliphatic rings. The molecule has 5 aromatic rings. The first kappa shape index (κ1) is 23.8. The molecule has 0 unspecified atom stereocenters. The normalized spacial score (nSPS) is 10.8. The lowest BCUT2D eigenvalue weighted by molar-refractivity contribution is 0.416. The Morgan fingerprint density at radius 3 is 2.38 bits per heavy atom. The van der Waals surface area contributed by atoms with Gasteiger partial charge in [0.25, 0.3) is 5.88 Å². The van der Waals surface area contributed by atoms with Gasteiger partial charge in [-0.25, -0.2) is 4.98 Å². The molecule has 0 aliphatic heterocycles. The van der Waals surface area contributed by atoms with E-state index in [0.717, 1.165) is 22.6 Å². The Morgan fingerprint density at radius 2 is 1.65 bits per heavy atom. The van der Waals surface area contributed by atoms with Crippen molar-refractivity contribution in [3.63, 3.8) is 0 Å². The third-order valence-electron chi connectivity index (χ3n) is 5.99. The molecule has 37 heavy (non-hydrogen) atoms. The molecule has 2 heterocycles. The molecule has 0 N–H and O–H groups in total. The van der Waals surface area contributed by atoms with Crippen LogP contribution >= 0.6 is 0 Å². The van der Waals surface area contributed by atoms with Gasteiger partial charge in [-0.05, 0) is 55.3 Å². The third-order valence-corrected chi connectivity index (χ3v) is 5.99. The summed E-state index contributed by atoms with van der Waals surface area (Å²) in [6.45, 7) is 4.39. The summed E-state index contributed by atoms with van der Waals surface area (Å²) < 4.78 is 14.3. The number of hydrogen-bond acceptors (Lipinski definition) is 7. The molecule has 2 aromatic heterocycles. The number of benzene rings is 3. The van der Waals surface area contributed by atoms with Gasteiger partial charge in [-0.1, -0.05) is 36.4 Å². The van der Waals surface area contributed by atoms with Gasteiger partial charge in [0.15, 0.2) is 11.2 Å². The zero-order chi connectivity index (χ0) is 25.9. The SMILES string of the molecule is Cc1cc(Oc2nc(Oc3cccc(N(C)C)c3)nc3c2nc(C)n3Cc2ccccc2)ccc1C#N. The summed E-state index contributed by atoms with van der Waals surface area (Å²) in [4.78, 5) is 16.1. The highest BCUT2D eigenvalue weighted by atomic mass is 16.5. The topological polar surface area (TPSA) is 89.1 Å². The van der Waals surface area contributed by atoms with E-state index in [4.69, 9.17) is 19.4 Å². The lowest BCUT2D eigenvalue weighted by Crippen LogP contribution is -2.08. The van der Waals surface area contributed by atoms with Gasteiger partial charge in [0.05, 0.1) is 18.2 Å². The van der Waals surface area contributed by atoms with Gasteiger partial charge in [-0.2, -0.15) is 15.2 Å². The highest BCUT2D eigenvalue weighted by Gasteiger charge is 2.20. The number of imidazole rings is 1. The van der Waals surface area contributed by atoms with E-state index in [1.807, 2.05) is 79.9 Å². The van der Waals surface area contributed by atoms with Crippen LogP contribution in [0.4, 0.5) is 5.69 Å². The number of ether oxygens (including phenoxy) is 2. The number of nitriles is 1. The molecule has 0 spiro atoms. The van der Waals surface area contributed by atoms with E-state index in [2.05, 4.69) is 23.2 Å². The van der Waals surface area contributed by atoms with Crippen LogP contribution in [0.15, 0.2) is 72.8 Å². The summed E-state index contributed by atoms with van der Waals surface area (Å²) in [7, 11) is 3.94. The largest absolute Gasteiger partial charge is 0.437 e. The van der Waals surface area contributed by atoms with Crippen molar-refractivity contribution in [3.8, 4) is 29.5 Å². The average molecular weight is 491 g/mol. The Morgan fingerprint density at radius 1 is 0.865 bits per heavy atom. The minimum absolute atomic E-state index is 0.151. The second-order valence-electron chi connectivity index (χ2n) is 8.90. The van der Waals surface area contributed by atoms with Crippen molar-refractivity contribution in [1.29, 1.82) is 5.26 Å². The summed E-state index contributed by atoms with van der Waals surface area (Å²) in [5.41, 5.74) is 4.66. The number of anilines is 1. The molecule has 184 valence electrons. The first-order valence-electron chi connectivity index (χ1n) is 11.8. The van der Waals surface area contributed by atoms with Gasteiger partial charge in [-0.15, -0.1) is 0 Å². The van der Waals surface area contributed by atoms with Crippen LogP contribution in [0.1, 0.15) is 22.5 Å². The fraction of sp³-hybridized carbons (Fsp3) is 0.172. The Bertz CT molecular complexity index is 1620. The monoisotopic (exact) mass is 490 g/mol. The van der Waals surface area contributed by atoms with Gasteiger partial charge in [0.2, 0.25) is 0 Å². The van der Waals surface area contributed by atoms with Gasteiger partial charge < -0.3 is 18.9 Å². The Hall–Kier alpha value is -4.90. The molecular weight excluding hydrogens is 464 g/mol. The Labute approximate surface area is 215 Å². The van der Waals surface area contributed by atoms with Gasteiger partial charge in [0.1, 0.15) is 17.3 Å². The van der Waals surface area contributed by atoms with E-state index >= 15 is 0 Å². The van der Waals surface area contributed by atoms with Crippen LogP contribution in [0.3, 0.4) is 0 Å². The summed E-state index contributed by atoms with van der Waals surface area (Å²) in [6.07, 6.45) is 0. The molecule has 0 saturated carbocycles. The molecule has 5 rings (SSSR count). The number of hydrogen-bond donors (Lipinski definition) is 0. The third kappa shape index (κ3) is 5.07. The number of nitrogens with zero attached hydrogens (tertiary/aromatic N) is 6. The summed E-state index contributed by atoms with van der Waals surface area (Å²) in [6, 6.07) is 25.4. The van der Waals surface area contributed by atoms with Crippen molar-refractivity contribution in [3.05, 3.63) is 95.3 Å². The molecule has 0 fully saturated rings.